The van der Waals surface area contributed by atoms with Crippen LogP contribution in [0.4, 0.5) is 0 Å². The molecule has 0 aliphatic rings. The Kier molecular flexibility index (Phi) is 5.50. The molecule has 1 atom stereocenters. The van der Waals surface area contributed by atoms with Gasteiger partial charge in [0.25, 0.3) is 0 Å². The van der Waals surface area contributed by atoms with Gasteiger partial charge in [0.2, 0.25) is 0 Å². The molecule has 15 heavy (non-hydrogen) atoms. The van der Waals surface area contributed by atoms with Crippen LogP contribution in [0, 0.1) is 0 Å². The van der Waals surface area contributed by atoms with Crippen LogP contribution in [0.25, 0.3) is 0 Å². The van der Waals surface area contributed by atoms with Gasteiger partial charge in [-0.3, -0.25) is 0 Å². The van der Waals surface area contributed by atoms with Crippen molar-refractivity contribution in [2.45, 2.75) is 17.9 Å². The molecule has 0 bridgehead atoms. The van der Waals surface area contributed by atoms with Crippen LogP contribution in [0.2, 0.25) is 0 Å². The maximum atomic E-state index is 5.58. The molecule has 0 spiro atoms. The Morgan fingerprint density at radius 2 is 2.27 bits per heavy atom. The number of rotatable bonds is 5. The summed E-state index contributed by atoms with van der Waals surface area (Å²) in [5, 5.41) is 0.480. The first-order valence-electron chi connectivity index (χ1n) is 4.81. The summed E-state index contributed by atoms with van der Waals surface area (Å²) in [6.07, 6.45) is 0. The van der Waals surface area contributed by atoms with Gasteiger partial charge in [0.1, 0.15) is 5.75 Å². The van der Waals surface area contributed by atoms with E-state index in [1.807, 2.05) is 23.9 Å². The van der Waals surface area contributed by atoms with Gasteiger partial charge >= 0.3 is 0 Å². The number of thioether (sulfide) groups is 1. The van der Waals surface area contributed by atoms with Crippen LogP contribution in [0.3, 0.4) is 0 Å². The second-order valence-electron chi connectivity index (χ2n) is 3.31. The predicted molar refractivity (Wildman–Crippen MR) is 70.5 cm³/mol. The van der Waals surface area contributed by atoms with Crippen LogP contribution in [0.5, 0.6) is 5.75 Å². The fraction of sp³-hybridized carbons (Fsp3) is 0.455. The van der Waals surface area contributed by atoms with Crippen molar-refractivity contribution in [2.75, 3.05) is 13.7 Å². The van der Waals surface area contributed by atoms with E-state index >= 15 is 0 Å². The Balaban J connectivity index is 2.69. The summed E-state index contributed by atoms with van der Waals surface area (Å²) in [6.45, 7) is 2.84. The summed E-state index contributed by atoms with van der Waals surface area (Å²) < 4.78 is 6.38. The minimum Gasteiger partial charge on any atom is -0.496 e. The maximum Gasteiger partial charge on any atom is 0.122 e. The number of ether oxygens (including phenoxy) is 1. The van der Waals surface area contributed by atoms with E-state index in [1.54, 1.807) is 7.11 Å². The molecule has 1 aromatic carbocycles. The van der Waals surface area contributed by atoms with Crippen molar-refractivity contribution in [2.24, 2.45) is 5.73 Å². The minimum absolute atomic E-state index is 0.480. The molecule has 2 N–H and O–H groups in total. The lowest BCUT2D eigenvalue weighted by molar-refractivity contribution is 0.411. The standard InChI is InChI=1S/C11H16BrNOS/c1-8(6-13)15-7-9-5-10(12)3-4-11(9)14-2/h3-5,8H,6-7,13H2,1-2H3. The fourth-order valence-electron chi connectivity index (χ4n) is 1.16. The Morgan fingerprint density at radius 1 is 1.53 bits per heavy atom. The Bertz CT molecular complexity index is 319. The third-order valence-corrected chi connectivity index (χ3v) is 3.83. The fourth-order valence-corrected chi connectivity index (χ4v) is 2.39. The number of methoxy groups -OCH3 is 1. The van der Waals surface area contributed by atoms with E-state index in [9.17, 15) is 0 Å². The van der Waals surface area contributed by atoms with Crippen LogP contribution < -0.4 is 10.5 Å². The van der Waals surface area contributed by atoms with Crippen molar-refractivity contribution in [3.8, 4) is 5.75 Å². The molecule has 0 aromatic heterocycles. The molecule has 0 saturated carbocycles. The molecule has 0 aliphatic carbocycles. The van der Waals surface area contributed by atoms with E-state index in [4.69, 9.17) is 10.5 Å². The summed E-state index contributed by atoms with van der Waals surface area (Å²) in [5.74, 6) is 1.87. The van der Waals surface area contributed by atoms with Crippen molar-refractivity contribution < 1.29 is 4.74 Å². The lowest BCUT2D eigenvalue weighted by Crippen LogP contribution is -2.12. The van der Waals surface area contributed by atoms with E-state index < -0.39 is 0 Å². The van der Waals surface area contributed by atoms with Crippen LogP contribution in [-0.2, 0) is 5.75 Å². The van der Waals surface area contributed by atoms with Gasteiger partial charge in [-0.1, -0.05) is 22.9 Å². The Labute approximate surface area is 104 Å². The molecule has 2 nitrogen and oxygen atoms in total. The zero-order chi connectivity index (χ0) is 11.3. The predicted octanol–water partition coefficient (Wildman–Crippen LogP) is 3.04. The summed E-state index contributed by atoms with van der Waals surface area (Å²) in [6, 6.07) is 6.06. The molecule has 1 aromatic rings. The quantitative estimate of drug-likeness (QED) is 0.905. The van der Waals surface area contributed by atoms with Gasteiger partial charge in [0.15, 0.2) is 0 Å². The highest BCUT2D eigenvalue weighted by Gasteiger charge is 2.06. The van der Waals surface area contributed by atoms with Crippen molar-refractivity contribution in [1.82, 2.24) is 0 Å². The number of benzene rings is 1. The van der Waals surface area contributed by atoms with Crippen molar-refractivity contribution >= 4 is 27.7 Å². The lowest BCUT2D eigenvalue weighted by Gasteiger charge is -2.11. The topological polar surface area (TPSA) is 35.2 Å². The van der Waals surface area contributed by atoms with E-state index in [0.717, 1.165) is 16.0 Å². The van der Waals surface area contributed by atoms with Gasteiger partial charge in [-0.05, 0) is 18.2 Å². The first-order chi connectivity index (χ1) is 7.17. The van der Waals surface area contributed by atoms with Gasteiger partial charge in [0, 0.05) is 27.6 Å². The molecule has 1 rings (SSSR count). The zero-order valence-corrected chi connectivity index (χ0v) is 11.4. The molecule has 0 saturated heterocycles. The average molecular weight is 290 g/mol. The largest absolute Gasteiger partial charge is 0.496 e. The molecular weight excluding hydrogens is 274 g/mol. The van der Waals surface area contributed by atoms with Crippen LogP contribution in [0.15, 0.2) is 22.7 Å². The zero-order valence-electron chi connectivity index (χ0n) is 9.00. The van der Waals surface area contributed by atoms with Gasteiger partial charge in [-0.2, -0.15) is 11.8 Å². The molecule has 84 valence electrons. The van der Waals surface area contributed by atoms with Crippen LogP contribution >= 0.6 is 27.7 Å². The van der Waals surface area contributed by atoms with Gasteiger partial charge < -0.3 is 10.5 Å². The van der Waals surface area contributed by atoms with Gasteiger partial charge in [-0.15, -0.1) is 0 Å². The monoisotopic (exact) mass is 289 g/mol. The third-order valence-electron chi connectivity index (χ3n) is 2.10. The molecule has 0 heterocycles. The van der Waals surface area contributed by atoms with Crippen molar-refractivity contribution in [3.63, 3.8) is 0 Å². The maximum absolute atomic E-state index is 5.58. The molecular formula is C11H16BrNOS. The first kappa shape index (κ1) is 12.9. The smallest absolute Gasteiger partial charge is 0.122 e. The molecule has 0 radical (unpaired) electrons. The first-order valence-corrected chi connectivity index (χ1v) is 6.65. The lowest BCUT2D eigenvalue weighted by atomic mass is 10.2. The molecule has 0 amide bonds. The second kappa shape index (κ2) is 6.40. The van der Waals surface area contributed by atoms with Crippen LogP contribution in [-0.4, -0.2) is 18.9 Å². The molecule has 1 unspecified atom stereocenters. The van der Waals surface area contributed by atoms with Crippen molar-refractivity contribution in [1.29, 1.82) is 0 Å². The minimum atomic E-state index is 0.480. The van der Waals surface area contributed by atoms with E-state index in [-0.39, 0.29) is 0 Å². The SMILES string of the molecule is COc1ccc(Br)cc1CSC(C)CN. The van der Waals surface area contributed by atoms with Crippen LogP contribution in [0.1, 0.15) is 12.5 Å². The van der Waals surface area contributed by atoms with E-state index in [1.165, 1.54) is 5.56 Å². The summed E-state index contributed by atoms with van der Waals surface area (Å²) >= 11 is 5.30. The van der Waals surface area contributed by atoms with Crippen molar-refractivity contribution in [3.05, 3.63) is 28.2 Å². The highest BCUT2D eigenvalue weighted by molar-refractivity contribution is 9.10. The second-order valence-corrected chi connectivity index (χ2v) is 5.66. The molecule has 4 heteroatoms. The van der Waals surface area contributed by atoms with Gasteiger partial charge in [-0.25, -0.2) is 0 Å². The molecule has 0 fully saturated rings. The highest BCUT2D eigenvalue weighted by atomic mass is 79.9. The summed E-state index contributed by atoms with van der Waals surface area (Å²) in [5.41, 5.74) is 6.78. The summed E-state index contributed by atoms with van der Waals surface area (Å²) in [7, 11) is 1.70. The molecule has 0 aliphatic heterocycles. The highest BCUT2D eigenvalue weighted by Crippen LogP contribution is 2.27. The normalized spacial score (nSPS) is 12.5. The third kappa shape index (κ3) is 4.05. The Hall–Kier alpha value is -0.190. The number of nitrogens with two attached hydrogens (primary N) is 1. The summed E-state index contributed by atoms with van der Waals surface area (Å²) in [4.78, 5) is 0. The van der Waals surface area contributed by atoms with Gasteiger partial charge in [0.05, 0.1) is 7.11 Å². The van der Waals surface area contributed by atoms with E-state index in [0.29, 0.717) is 11.8 Å². The average Bonchev–Trinajstić information content (AvgIpc) is 2.26. The van der Waals surface area contributed by atoms with E-state index in [2.05, 4.69) is 28.9 Å². The number of hydrogen-bond acceptors (Lipinski definition) is 3. The Morgan fingerprint density at radius 3 is 2.87 bits per heavy atom. The number of halogens is 1. The number of hydrogen-bond donors (Lipinski definition) is 1.